The van der Waals surface area contributed by atoms with Crippen molar-refractivity contribution in [2.45, 2.75) is 0 Å². The van der Waals surface area contributed by atoms with Gasteiger partial charge in [-0.3, -0.25) is 14.9 Å². The number of nitrogens with zero attached hydrogens (tertiary/aromatic N) is 4. The van der Waals surface area contributed by atoms with Gasteiger partial charge in [-0.2, -0.15) is 4.98 Å². The number of ether oxygens (including phenoxy) is 1. The van der Waals surface area contributed by atoms with Gasteiger partial charge >= 0.3 is 0 Å². The average molecular weight is 479 g/mol. The summed E-state index contributed by atoms with van der Waals surface area (Å²) < 4.78 is 7.04. The topological polar surface area (TPSA) is 114 Å². The normalized spacial score (nSPS) is 11.0. The van der Waals surface area contributed by atoms with Crippen LogP contribution in [-0.2, 0) is 0 Å². The zero-order chi connectivity index (χ0) is 22.9. The molecule has 11 heteroatoms. The number of aromatic nitrogens is 5. The fraction of sp³-hybridized carbons (Fsp3) is 0.0455. The molecular formula is C22H15ClN6O3S. The number of H-pyrrole nitrogens is 1. The van der Waals surface area contributed by atoms with Crippen molar-refractivity contribution in [2.75, 3.05) is 12.4 Å². The van der Waals surface area contributed by atoms with Gasteiger partial charge in [-0.15, -0.1) is 16.4 Å². The van der Waals surface area contributed by atoms with E-state index in [0.717, 1.165) is 11.3 Å². The first-order valence-corrected chi connectivity index (χ1v) is 10.9. The number of nitrogens with one attached hydrogen (secondary N) is 2. The molecule has 2 N–H and O–H groups in total. The molecule has 3 heterocycles. The molecule has 0 aliphatic carbocycles. The molecule has 0 atom stereocenters. The fourth-order valence-corrected chi connectivity index (χ4v) is 4.20. The molecular weight excluding hydrogens is 464 g/mol. The molecule has 0 saturated heterocycles. The molecule has 0 radical (unpaired) electrons. The van der Waals surface area contributed by atoms with Crippen LogP contribution in [-0.4, -0.2) is 37.6 Å². The molecule has 0 saturated carbocycles. The first-order valence-electron chi connectivity index (χ1n) is 9.68. The van der Waals surface area contributed by atoms with Crippen LogP contribution >= 0.6 is 22.9 Å². The Kier molecular flexibility index (Phi) is 5.37. The maximum absolute atomic E-state index is 12.7. The predicted octanol–water partition coefficient (Wildman–Crippen LogP) is 4.12. The molecule has 5 aromatic rings. The van der Waals surface area contributed by atoms with Crippen LogP contribution in [0.1, 0.15) is 10.4 Å². The highest BCUT2D eigenvalue weighted by molar-refractivity contribution is 7.15. The highest BCUT2D eigenvalue weighted by Gasteiger charge is 2.18. The number of hydrogen-bond donors (Lipinski definition) is 2. The van der Waals surface area contributed by atoms with Crippen molar-refractivity contribution in [1.82, 2.24) is 24.6 Å². The van der Waals surface area contributed by atoms with E-state index in [2.05, 4.69) is 25.4 Å². The SMILES string of the molecule is COc1ccccc1-c1csc2nc(NC(=O)c3cnc(-c4ccc(Cl)cc4)[nH]c3=O)nn12. The van der Waals surface area contributed by atoms with Gasteiger partial charge in [-0.05, 0) is 36.4 Å². The smallest absolute Gasteiger partial charge is 0.265 e. The Morgan fingerprint density at radius 1 is 1.18 bits per heavy atom. The third-order valence-corrected chi connectivity index (χ3v) is 5.92. The molecule has 2 aromatic carbocycles. The molecule has 0 unspecified atom stereocenters. The zero-order valence-electron chi connectivity index (χ0n) is 17.1. The number of anilines is 1. The summed E-state index contributed by atoms with van der Waals surface area (Å²) in [4.78, 5) is 36.9. The quantitative estimate of drug-likeness (QED) is 0.392. The van der Waals surface area contributed by atoms with Crippen LogP contribution in [0.3, 0.4) is 0 Å². The largest absolute Gasteiger partial charge is 0.496 e. The van der Waals surface area contributed by atoms with Gasteiger partial charge in [0.05, 0.1) is 12.8 Å². The van der Waals surface area contributed by atoms with Crippen molar-refractivity contribution < 1.29 is 9.53 Å². The van der Waals surface area contributed by atoms with Crippen molar-refractivity contribution in [2.24, 2.45) is 0 Å². The number of aromatic amines is 1. The lowest BCUT2D eigenvalue weighted by Gasteiger charge is -2.06. The zero-order valence-corrected chi connectivity index (χ0v) is 18.6. The lowest BCUT2D eigenvalue weighted by Crippen LogP contribution is -2.24. The van der Waals surface area contributed by atoms with Crippen LogP contribution in [0.5, 0.6) is 5.75 Å². The van der Waals surface area contributed by atoms with Gasteiger partial charge in [-0.1, -0.05) is 23.7 Å². The Bertz CT molecular complexity index is 1540. The third kappa shape index (κ3) is 3.97. The number of rotatable bonds is 5. The fourth-order valence-electron chi connectivity index (χ4n) is 3.26. The van der Waals surface area contributed by atoms with Crippen LogP contribution in [0.4, 0.5) is 5.95 Å². The Labute approximate surface area is 195 Å². The molecule has 164 valence electrons. The highest BCUT2D eigenvalue weighted by atomic mass is 35.5. The summed E-state index contributed by atoms with van der Waals surface area (Å²) in [5, 5.41) is 9.41. The molecule has 1 amide bonds. The number of methoxy groups -OCH3 is 1. The molecule has 0 bridgehead atoms. The molecule has 0 aliphatic heterocycles. The van der Waals surface area contributed by atoms with E-state index >= 15 is 0 Å². The molecule has 0 spiro atoms. The summed E-state index contributed by atoms with van der Waals surface area (Å²) in [6.45, 7) is 0. The summed E-state index contributed by atoms with van der Waals surface area (Å²) >= 11 is 7.26. The minimum atomic E-state index is -0.663. The number of benzene rings is 2. The minimum Gasteiger partial charge on any atom is -0.496 e. The average Bonchev–Trinajstić information content (AvgIpc) is 3.39. The van der Waals surface area contributed by atoms with Crippen molar-refractivity contribution in [1.29, 1.82) is 0 Å². The van der Waals surface area contributed by atoms with E-state index in [9.17, 15) is 9.59 Å². The van der Waals surface area contributed by atoms with E-state index in [1.165, 1.54) is 17.5 Å². The number of thiazole rings is 1. The molecule has 0 aliphatic rings. The second-order valence-electron chi connectivity index (χ2n) is 6.89. The van der Waals surface area contributed by atoms with E-state index in [1.54, 1.807) is 35.9 Å². The van der Waals surface area contributed by atoms with E-state index in [4.69, 9.17) is 16.3 Å². The Hall–Kier alpha value is -4.02. The monoisotopic (exact) mass is 478 g/mol. The van der Waals surface area contributed by atoms with Crippen molar-refractivity contribution >= 4 is 39.8 Å². The molecule has 33 heavy (non-hydrogen) atoms. The Morgan fingerprint density at radius 2 is 1.97 bits per heavy atom. The summed E-state index contributed by atoms with van der Waals surface area (Å²) in [7, 11) is 1.60. The van der Waals surface area contributed by atoms with Crippen LogP contribution < -0.4 is 15.6 Å². The van der Waals surface area contributed by atoms with Gasteiger partial charge in [-0.25, -0.2) is 9.50 Å². The van der Waals surface area contributed by atoms with Gasteiger partial charge in [0, 0.05) is 27.7 Å². The van der Waals surface area contributed by atoms with Crippen LogP contribution in [0.15, 0.2) is 64.9 Å². The summed E-state index contributed by atoms with van der Waals surface area (Å²) in [6.07, 6.45) is 1.22. The van der Waals surface area contributed by atoms with Crippen molar-refractivity contribution in [3.63, 3.8) is 0 Å². The first kappa shape index (κ1) is 20.9. The third-order valence-electron chi connectivity index (χ3n) is 4.85. The number of para-hydroxylation sites is 1. The number of halogens is 1. The van der Waals surface area contributed by atoms with Crippen LogP contribution in [0.25, 0.3) is 27.6 Å². The Balaban J connectivity index is 1.41. The van der Waals surface area contributed by atoms with Gasteiger partial charge in [0.15, 0.2) is 0 Å². The maximum atomic E-state index is 12.7. The lowest BCUT2D eigenvalue weighted by atomic mass is 10.1. The van der Waals surface area contributed by atoms with E-state index in [-0.39, 0.29) is 11.5 Å². The van der Waals surface area contributed by atoms with Gasteiger partial charge in [0.1, 0.15) is 17.1 Å². The highest BCUT2D eigenvalue weighted by Crippen LogP contribution is 2.32. The number of carbonyl (C=O) groups excluding carboxylic acids is 1. The van der Waals surface area contributed by atoms with Crippen LogP contribution in [0.2, 0.25) is 5.02 Å². The second-order valence-corrected chi connectivity index (χ2v) is 8.16. The summed E-state index contributed by atoms with van der Waals surface area (Å²) in [6, 6.07) is 14.4. The number of fused-ring (bicyclic) bond motifs is 1. The lowest BCUT2D eigenvalue weighted by molar-refractivity contribution is 0.102. The number of hydrogen-bond acceptors (Lipinski definition) is 7. The predicted molar refractivity (Wildman–Crippen MR) is 126 cm³/mol. The summed E-state index contributed by atoms with van der Waals surface area (Å²) in [5.41, 5.74) is 1.54. The molecule has 9 nitrogen and oxygen atoms in total. The van der Waals surface area contributed by atoms with E-state index in [1.807, 2.05) is 29.6 Å². The van der Waals surface area contributed by atoms with Gasteiger partial charge < -0.3 is 9.72 Å². The van der Waals surface area contributed by atoms with Crippen molar-refractivity contribution in [3.05, 3.63) is 81.0 Å². The number of amides is 1. The standard InChI is InChI=1S/C22H15ClN6O3S/c1-32-17-5-3-2-4-14(17)16-11-33-22-27-21(28-29(16)22)26-20(31)15-10-24-18(25-19(15)30)12-6-8-13(23)9-7-12/h2-11H,1H3,(H,24,25,30)(H,26,28,31). The first-order chi connectivity index (χ1) is 16.0. The molecule has 3 aromatic heterocycles. The Morgan fingerprint density at radius 3 is 2.73 bits per heavy atom. The summed E-state index contributed by atoms with van der Waals surface area (Å²) in [5.74, 6) is 0.430. The molecule has 0 fully saturated rings. The number of carbonyl (C=O) groups is 1. The van der Waals surface area contributed by atoms with Crippen LogP contribution in [0, 0.1) is 0 Å². The van der Waals surface area contributed by atoms with Gasteiger partial charge in [0.25, 0.3) is 17.4 Å². The van der Waals surface area contributed by atoms with E-state index in [0.29, 0.717) is 27.1 Å². The molecule has 5 rings (SSSR count). The van der Waals surface area contributed by atoms with E-state index < -0.39 is 11.5 Å². The minimum absolute atomic E-state index is 0.0733. The maximum Gasteiger partial charge on any atom is 0.265 e. The second kappa shape index (κ2) is 8.49. The van der Waals surface area contributed by atoms with Gasteiger partial charge in [0.2, 0.25) is 4.96 Å². The van der Waals surface area contributed by atoms with Crippen molar-refractivity contribution in [3.8, 4) is 28.4 Å².